The minimum absolute atomic E-state index is 0. The Hall–Kier alpha value is -1.04. The number of benzene rings is 1. The van der Waals surface area contributed by atoms with Crippen molar-refractivity contribution in [2.45, 2.75) is 12.5 Å². The first-order valence-electron chi connectivity index (χ1n) is 6.64. The summed E-state index contributed by atoms with van der Waals surface area (Å²) in [7, 11) is 1.52. The van der Waals surface area contributed by atoms with Gasteiger partial charge in [0.25, 0.3) is 0 Å². The Labute approximate surface area is 125 Å². The molecule has 0 unspecified atom stereocenters. The van der Waals surface area contributed by atoms with Gasteiger partial charge in [0, 0.05) is 32.2 Å². The molecule has 1 aliphatic heterocycles. The maximum Gasteiger partial charge on any atom is 0.160 e. The number of methoxy groups -OCH3 is 1. The monoisotopic (exact) mass is 304 g/mol. The van der Waals surface area contributed by atoms with Gasteiger partial charge in [-0.25, -0.2) is 0 Å². The molecule has 1 atom stereocenters. The van der Waals surface area contributed by atoms with E-state index >= 15 is 0 Å². The van der Waals surface area contributed by atoms with Crippen LogP contribution in [0.1, 0.15) is 18.0 Å². The fraction of sp³-hybridized carbons (Fsp3) is 0.571. The Morgan fingerprint density at radius 2 is 2.10 bits per heavy atom. The molecule has 0 aromatic heterocycles. The lowest BCUT2D eigenvalue weighted by Gasteiger charge is -2.35. The number of hydrogen-bond acceptors (Lipinski definition) is 4. The predicted octanol–water partition coefficient (Wildman–Crippen LogP) is 2.13. The van der Waals surface area contributed by atoms with Gasteiger partial charge in [-0.1, -0.05) is 6.07 Å². The van der Waals surface area contributed by atoms with E-state index in [1.165, 1.54) is 7.11 Å². The molecule has 0 bridgehead atoms. The number of phenolic OH excluding ortho intramolecular Hbond substituents is 1. The molecule has 114 valence electrons. The molecule has 2 N–H and O–H groups in total. The van der Waals surface area contributed by atoms with Gasteiger partial charge in [0.05, 0.1) is 13.8 Å². The number of alkyl halides is 1. The van der Waals surface area contributed by atoms with E-state index in [1.54, 1.807) is 12.1 Å². The van der Waals surface area contributed by atoms with E-state index in [0.29, 0.717) is 12.2 Å². The van der Waals surface area contributed by atoms with Crippen molar-refractivity contribution < 1.29 is 14.2 Å². The van der Waals surface area contributed by atoms with Gasteiger partial charge in [-0.2, -0.15) is 0 Å². The summed E-state index contributed by atoms with van der Waals surface area (Å²) < 4.78 is 17.8. The van der Waals surface area contributed by atoms with Crippen LogP contribution in [0, 0.1) is 0 Å². The SMILES string of the molecule is COc1ccc([C@@H](CCF)N2CCNCC2)cc1O.Cl. The standard InChI is InChI=1S/C14H21FN2O2.ClH/c1-19-14-3-2-11(10-13(14)18)12(4-5-15)17-8-6-16-7-9-17;/h2-3,10,12,16,18H,4-9H2,1H3;1H/t12-;/m1./s1. The van der Waals surface area contributed by atoms with Gasteiger partial charge in [0.15, 0.2) is 11.5 Å². The number of halogens is 2. The zero-order valence-electron chi connectivity index (χ0n) is 11.6. The summed E-state index contributed by atoms with van der Waals surface area (Å²) in [5.74, 6) is 0.557. The van der Waals surface area contributed by atoms with Crippen LogP contribution in [0.2, 0.25) is 0 Å². The summed E-state index contributed by atoms with van der Waals surface area (Å²) >= 11 is 0. The normalized spacial score (nSPS) is 17.3. The summed E-state index contributed by atoms with van der Waals surface area (Å²) in [4.78, 5) is 2.26. The number of nitrogens with zero attached hydrogens (tertiary/aromatic N) is 1. The van der Waals surface area contributed by atoms with Crippen LogP contribution in [0.5, 0.6) is 11.5 Å². The van der Waals surface area contributed by atoms with Crippen LogP contribution in [0.4, 0.5) is 4.39 Å². The number of rotatable bonds is 5. The van der Waals surface area contributed by atoms with Crippen LogP contribution >= 0.6 is 12.4 Å². The largest absolute Gasteiger partial charge is 0.504 e. The zero-order valence-corrected chi connectivity index (χ0v) is 12.5. The number of hydrogen-bond donors (Lipinski definition) is 2. The van der Waals surface area contributed by atoms with Crippen LogP contribution < -0.4 is 10.1 Å². The molecule has 0 saturated carbocycles. The van der Waals surface area contributed by atoms with Crippen molar-refractivity contribution in [3.63, 3.8) is 0 Å². The molecular weight excluding hydrogens is 283 g/mol. The van der Waals surface area contributed by atoms with Crippen molar-refractivity contribution in [1.82, 2.24) is 10.2 Å². The molecule has 1 aromatic carbocycles. The molecule has 0 radical (unpaired) electrons. The lowest BCUT2D eigenvalue weighted by atomic mass is 10.0. The molecule has 20 heavy (non-hydrogen) atoms. The summed E-state index contributed by atoms with van der Waals surface area (Å²) in [6.45, 7) is 3.28. The van der Waals surface area contributed by atoms with Crippen LogP contribution in [0.3, 0.4) is 0 Å². The van der Waals surface area contributed by atoms with Crippen molar-refractivity contribution in [2.24, 2.45) is 0 Å². The Balaban J connectivity index is 0.00000200. The highest BCUT2D eigenvalue weighted by Crippen LogP contribution is 2.32. The summed E-state index contributed by atoms with van der Waals surface area (Å²) in [6, 6.07) is 5.34. The third kappa shape index (κ3) is 3.98. The number of aromatic hydroxyl groups is 1. The Morgan fingerprint density at radius 3 is 2.65 bits per heavy atom. The minimum Gasteiger partial charge on any atom is -0.504 e. The fourth-order valence-electron chi connectivity index (χ4n) is 2.57. The van der Waals surface area contributed by atoms with E-state index in [2.05, 4.69) is 10.2 Å². The van der Waals surface area contributed by atoms with Crippen LogP contribution in [0.25, 0.3) is 0 Å². The second kappa shape index (κ2) is 8.29. The predicted molar refractivity (Wildman–Crippen MR) is 79.7 cm³/mol. The van der Waals surface area contributed by atoms with Crippen LogP contribution in [0.15, 0.2) is 18.2 Å². The van der Waals surface area contributed by atoms with Crippen molar-refractivity contribution in [2.75, 3.05) is 40.0 Å². The quantitative estimate of drug-likeness (QED) is 0.875. The summed E-state index contributed by atoms with van der Waals surface area (Å²) in [5, 5.41) is 13.1. The van der Waals surface area contributed by atoms with Gasteiger partial charge in [0.1, 0.15) is 0 Å². The van der Waals surface area contributed by atoms with Gasteiger partial charge < -0.3 is 15.2 Å². The van der Waals surface area contributed by atoms with Gasteiger partial charge in [0.2, 0.25) is 0 Å². The molecule has 0 spiro atoms. The second-order valence-electron chi connectivity index (χ2n) is 4.71. The molecule has 0 amide bonds. The van der Waals surface area contributed by atoms with Crippen LogP contribution in [-0.2, 0) is 0 Å². The average Bonchev–Trinajstić information content (AvgIpc) is 2.45. The Kier molecular flexibility index (Phi) is 7.05. The highest BCUT2D eigenvalue weighted by Gasteiger charge is 2.22. The smallest absolute Gasteiger partial charge is 0.160 e. The highest BCUT2D eigenvalue weighted by molar-refractivity contribution is 5.85. The molecule has 4 nitrogen and oxygen atoms in total. The van der Waals surface area contributed by atoms with E-state index < -0.39 is 0 Å². The lowest BCUT2D eigenvalue weighted by Crippen LogP contribution is -2.45. The Morgan fingerprint density at radius 1 is 1.40 bits per heavy atom. The third-order valence-corrected chi connectivity index (χ3v) is 3.56. The van der Waals surface area contributed by atoms with E-state index in [0.717, 1.165) is 31.7 Å². The average molecular weight is 305 g/mol. The van der Waals surface area contributed by atoms with Crippen molar-refractivity contribution in [3.05, 3.63) is 23.8 Å². The first-order chi connectivity index (χ1) is 9.26. The summed E-state index contributed by atoms with van der Waals surface area (Å²) in [6.07, 6.45) is 0.450. The van der Waals surface area contributed by atoms with Crippen molar-refractivity contribution >= 4 is 12.4 Å². The number of piperazine rings is 1. The van der Waals surface area contributed by atoms with E-state index in [4.69, 9.17) is 4.74 Å². The summed E-state index contributed by atoms with van der Waals surface area (Å²) in [5.41, 5.74) is 0.942. The first kappa shape index (κ1) is 17.0. The van der Waals surface area contributed by atoms with Crippen molar-refractivity contribution in [3.8, 4) is 11.5 Å². The topological polar surface area (TPSA) is 44.7 Å². The maximum absolute atomic E-state index is 12.8. The highest BCUT2D eigenvalue weighted by atomic mass is 35.5. The van der Waals surface area contributed by atoms with Crippen molar-refractivity contribution in [1.29, 1.82) is 0 Å². The minimum atomic E-state index is -0.360. The third-order valence-electron chi connectivity index (χ3n) is 3.56. The van der Waals surface area contributed by atoms with Gasteiger partial charge in [-0.05, 0) is 24.1 Å². The molecule has 0 aliphatic carbocycles. The molecule has 1 aliphatic rings. The molecular formula is C14H22ClFN2O2. The lowest BCUT2D eigenvalue weighted by molar-refractivity contribution is 0.157. The van der Waals surface area contributed by atoms with Gasteiger partial charge in [-0.15, -0.1) is 12.4 Å². The Bertz CT molecular complexity index is 414. The molecule has 6 heteroatoms. The second-order valence-corrected chi connectivity index (χ2v) is 4.71. The van der Waals surface area contributed by atoms with E-state index in [-0.39, 0.29) is 30.9 Å². The molecule has 1 heterocycles. The first-order valence-corrected chi connectivity index (χ1v) is 6.64. The van der Waals surface area contributed by atoms with Crippen LogP contribution in [-0.4, -0.2) is 50.0 Å². The molecule has 1 aromatic rings. The van der Waals surface area contributed by atoms with E-state index in [1.807, 2.05) is 6.07 Å². The fourth-order valence-corrected chi connectivity index (χ4v) is 2.57. The molecule has 1 saturated heterocycles. The molecule has 2 rings (SSSR count). The number of nitrogens with one attached hydrogen (secondary N) is 1. The zero-order chi connectivity index (χ0) is 13.7. The number of ether oxygens (including phenoxy) is 1. The van der Waals surface area contributed by atoms with Gasteiger partial charge >= 0.3 is 0 Å². The maximum atomic E-state index is 12.8. The molecule has 1 fully saturated rings. The van der Waals surface area contributed by atoms with E-state index in [9.17, 15) is 9.50 Å². The number of phenols is 1. The van der Waals surface area contributed by atoms with Gasteiger partial charge in [-0.3, -0.25) is 9.29 Å².